The van der Waals surface area contributed by atoms with Crippen molar-refractivity contribution in [1.29, 1.82) is 0 Å². The average molecular weight is 387 g/mol. The molecule has 0 saturated carbocycles. The molecule has 1 saturated heterocycles. The third-order valence-electron chi connectivity index (χ3n) is 4.15. The molecule has 3 N–H and O–H groups in total. The molecule has 6 nitrogen and oxygen atoms in total. The number of aliphatic imine (C=N–C) groups is 1. The molecule has 0 atom stereocenters. The number of aromatic amines is 1. The topological polar surface area (TPSA) is 86.3 Å². The van der Waals surface area contributed by atoms with Crippen molar-refractivity contribution in [2.24, 2.45) is 4.99 Å². The van der Waals surface area contributed by atoms with Crippen LogP contribution in [0.5, 0.6) is 0 Å². The van der Waals surface area contributed by atoms with E-state index in [2.05, 4.69) is 20.6 Å². The number of H-pyrrole nitrogens is 1. The fourth-order valence-electron chi connectivity index (χ4n) is 2.96. The molecule has 0 radical (unpaired) electrons. The number of aromatic nitrogens is 1. The molecule has 8 heteroatoms. The van der Waals surface area contributed by atoms with Crippen LogP contribution in [-0.2, 0) is 11.3 Å². The molecule has 2 aliphatic rings. The van der Waals surface area contributed by atoms with Gasteiger partial charge in [0.25, 0.3) is 11.8 Å². The van der Waals surface area contributed by atoms with Crippen molar-refractivity contribution in [1.82, 2.24) is 15.6 Å². The van der Waals surface area contributed by atoms with Crippen LogP contribution in [0.3, 0.4) is 0 Å². The molecule has 26 heavy (non-hydrogen) atoms. The summed E-state index contributed by atoms with van der Waals surface area (Å²) >= 11 is 7.29. The standard InChI is InChI=1S/C18H15ClN4O2S/c19-11-3-1-2-10(8-11)9-22-18-23-17(25)15(26-18)13-5-7-21-16(24)14-12(13)4-6-20-14/h1-4,6,8,20H,5,7,9H2,(H,21,24)(H,22,23,25)/b15-13-. The Morgan fingerprint density at radius 1 is 1.19 bits per heavy atom. The predicted molar refractivity (Wildman–Crippen MR) is 103 cm³/mol. The Kier molecular flexibility index (Phi) is 4.57. The van der Waals surface area contributed by atoms with Gasteiger partial charge in [0.05, 0.1) is 11.4 Å². The zero-order chi connectivity index (χ0) is 18.1. The van der Waals surface area contributed by atoms with E-state index in [0.29, 0.717) is 40.3 Å². The first-order valence-electron chi connectivity index (χ1n) is 8.09. The van der Waals surface area contributed by atoms with Crippen LogP contribution in [-0.4, -0.2) is 28.5 Å². The van der Waals surface area contributed by atoms with Crippen molar-refractivity contribution in [3.63, 3.8) is 0 Å². The number of hydrogen-bond acceptors (Lipinski definition) is 4. The monoisotopic (exact) mass is 386 g/mol. The number of thioether (sulfide) groups is 1. The van der Waals surface area contributed by atoms with Gasteiger partial charge in [-0.15, -0.1) is 0 Å². The Bertz CT molecular complexity index is 964. The summed E-state index contributed by atoms with van der Waals surface area (Å²) in [5, 5.41) is 6.85. The lowest BCUT2D eigenvalue weighted by atomic mass is 10.0. The van der Waals surface area contributed by atoms with Gasteiger partial charge in [0, 0.05) is 23.3 Å². The maximum atomic E-state index is 12.5. The quantitative estimate of drug-likeness (QED) is 0.693. The predicted octanol–water partition coefficient (Wildman–Crippen LogP) is 2.93. The maximum Gasteiger partial charge on any atom is 0.268 e. The molecular formula is C18H15ClN4O2S. The molecule has 132 valence electrons. The lowest BCUT2D eigenvalue weighted by Crippen LogP contribution is -2.22. The molecule has 1 fully saturated rings. The molecule has 4 rings (SSSR count). The summed E-state index contributed by atoms with van der Waals surface area (Å²) in [5.41, 5.74) is 3.09. The van der Waals surface area contributed by atoms with Gasteiger partial charge in [0.2, 0.25) is 0 Å². The first-order chi connectivity index (χ1) is 12.6. The van der Waals surface area contributed by atoms with E-state index in [1.54, 1.807) is 6.20 Å². The van der Waals surface area contributed by atoms with Crippen LogP contribution in [0.4, 0.5) is 0 Å². The van der Waals surface area contributed by atoms with Crippen LogP contribution in [0.15, 0.2) is 46.4 Å². The number of benzene rings is 1. The van der Waals surface area contributed by atoms with Gasteiger partial charge in [-0.05, 0) is 47.5 Å². The minimum absolute atomic E-state index is 0.154. The molecule has 0 aliphatic carbocycles. The zero-order valence-corrected chi connectivity index (χ0v) is 15.2. The molecule has 2 amide bonds. The van der Waals surface area contributed by atoms with Crippen LogP contribution in [0.2, 0.25) is 5.02 Å². The van der Waals surface area contributed by atoms with Crippen molar-refractivity contribution in [2.45, 2.75) is 13.0 Å². The Morgan fingerprint density at radius 2 is 2.08 bits per heavy atom. The summed E-state index contributed by atoms with van der Waals surface area (Å²) in [6, 6.07) is 9.29. The minimum Gasteiger partial charge on any atom is -0.357 e. The number of nitrogens with one attached hydrogen (secondary N) is 3. The number of amides is 2. The second kappa shape index (κ2) is 7.01. The van der Waals surface area contributed by atoms with E-state index in [1.807, 2.05) is 30.3 Å². The smallest absolute Gasteiger partial charge is 0.268 e. The number of rotatable bonds is 2. The lowest BCUT2D eigenvalue weighted by Gasteiger charge is -2.05. The van der Waals surface area contributed by atoms with E-state index in [0.717, 1.165) is 16.7 Å². The summed E-state index contributed by atoms with van der Waals surface area (Å²) in [7, 11) is 0. The van der Waals surface area contributed by atoms with E-state index in [4.69, 9.17) is 11.6 Å². The van der Waals surface area contributed by atoms with Gasteiger partial charge >= 0.3 is 0 Å². The highest BCUT2D eigenvalue weighted by Gasteiger charge is 2.30. The largest absolute Gasteiger partial charge is 0.357 e. The lowest BCUT2D eigenvalue weighted by molar-refractivity contribution is -0.115. The van der Waals surface area contributed by atoms with Crippen molar-refractivity contribution in [3.05, 3.63) is 63.3 Å². The van der Waals surface area contributed by atoms with Gasteiger partial charge in [-0.2, -0.15) is 0 Å². The third-order valence-corrected chi connectivity index (χ3v) is 5.45. The minimum atomic E-state index is -0.184. The second-order valence-corrected chi connectivity index (χ2v) is 7.32. The van der Waals surface area contributed by atoms with Crippen LogP contribution < -0.4 is 10.6 Å². The molecule has 1 aromatic heterocycles. The van der Waals surface area contributed by atoms with Crippen LogP contribution >= 0.6 is 23.4 Å². The molecule has 1 aromatic carbocycles. The van der Waals surface area contributed by atoms with E-state index in [9.17, 15) is 9.59 Å². The van der Waals surface area contributed by atoms with E-state index >= 15 is 0 Å². The summed E-state index contributed by atoms with van der Waals surface area (Å²) in [6.45, 7) is 0.921. The maximum absolute atomic E-state index is 12.5. The van der Waals surface area contributed by atoms with Crippen molar-refractivity contribution in [2.75, 3.05) is 6.54 Å². The van der Waals surface area contributed by atoms with Crippen molar-refractivity contribution >= 4 is 45.9 Å². The number of carbonyl (C=O) groups is 2. The second-order valence-electron chi connectivity index (χ2n) is 5.89. The van der Waals surface area contributed by atoms with Gasteiger partial charge in [-0.25, -0.2) is 0 Å². The molecule has 0 spiro atoms. The van der Waals surface area contributed by atoms with Crippen LogP contribution in [0.25, 0.3) is 5.57 Å². The molecule has 2 aliphatic heterocycles. The number of carbonyl (C=O) groups excluding carboxylic acids is 2. The SMILES string of the molecule is O=C1NC(=NCc2cccc(Cl)c2)S/C1=C1/CCNC(=O)c2[nH]ccc21. The fourth-order valence-corrected chi connectivity index (χ4v) is 4.12. The van der Waals surface area contributed by atoms with E-state index in [-0.39, 0.29) is 11.8 Å². The number of nitrogens with zero attached hydrogens (tertiary/aromatic N) is 1. The first-order valence-corrected chi connectivity index (χ1v) is 9.28. The number of halogens is 1. The van der Waals surface area contributed by atoms with Gasteiger partial charge in [-0.1, -0.05) is 23.7 Å². The molecule has 2 aromatic rings. The Hall–Kier alpha value is -2.51. The summed E-state index contributed by atoms with van der Waals surface area (Å²) in [5.74, 6) is -0.338. The Morgan fingerprint density at radius 3 is 2.92 bits per heavy atom. The van der Waals surface area contributed by atoms with Crippen molar-refractivity contribution < 1.29 is 9.59 Å². The molecule has 0 bridgehead atoms. The number of hydrogen-bond donors (Lipinski definition) is 3. The fraction of sp³-hybridized carbons (Fsp3) is 0.167. The Labute approximate surface area is 159 Å². The van der Waals surface area contributed by atoms with E-state index in [1.165, 1.54) is 11.8 Å². The van der Waals surface area contributed by atoms with E-state index < -0.39 is 0 Å². The van der Waals surface area contributed by atoms with Crippen molar-refractivity contribution in [3.8, 4) is 0 Å². The number of amidine groups is 1. The average Bonchev–Trinajstić information content (AvgIpc) is 3.21. The van der Waals surface area contributed by atoms with Crippen LogP contribution in [0.1, 0.15) is 28.0 Å². The third kappa shape index (κ3) is 3.27. The van der Waals surface area contributed by atoms with Gasteiger partial charge in [0.15, 0.2) is 5.17 Å². The van der Waals surface area contributed by atoms with Gasteiger partial charge in [-0.3, -0.25) is 14.6 Å². The molecular weight excluding hydrogens is 372 g/mol. The van der Waals surface area contributed by atoms with Gasteiger partial charge in [0.1, 0.15) is 5.69 Å². The summed E-state index contributed by atoms with van der Waals surface area (Å²) in [4.78, 5) is 32.5. The first kappa shape index (κ1) is 16.9. The molecule has 3 heterocycles. The number of fused-ring (bicyclic) bond motifs is 1. The Balaban J connectivity index is 1.62. The highest BCUT2D eigenvalue weighted by molar-refractivity contribution is 8.18. The van der Waals surface area contributed by atoms with Gasteiger partial charge < -0.3 is 15.6 Å². The normalized spacial score (nSPS) is 21.3. The highest BCUT2D eigenvalue weighted by atomic mass is 35.5. The molecule has 0 unspecified atom stereocenters. The summed E-state index contributed by atoms with van der Waals surface area (Å²) < 4.78 is 0. The van der Waals surface area contributed by atoms with Crippen LogP contribution in [0, 0.1) is 0 Å². The highest BCUT2D eigenvalue weighted by Crippen LogP contribution is 2.36. The zero-order valence-electron chi connectivity index (χ0n) is 13.6. The summed E-state index contributed by atoms with van der Waals surface area (Å²) in [6.07, 6.45) is 2.30.